The van der Waals surface area contributed by atoms with Crippen LogP contribution in [0.2, 0.25) is 0 Å². The van der Waals surface area contributed by atoms with Crippen molar-refractivity contribution in [3.63, 3.8) is 0 Å². The molecule has 1 aromatic carbocycles. The van der Waals surface area contributed by atoms with Gasteiger partial charge < -0.3 is 10.2 Å². The largest absolute Gasteiger partial charge is 0.338 e. The van der Waals surface area contributed by atoms with E-state index in [2.05, 4.69) is 21.2 Å². The van der Waals surface area contributed by atoms with E-state index in [0.717, 1.165) is 45.4 Å². The third-order valence-corrected chi connectivity index (χ3v) is 5.04. The standard InChI is InChI=1S/C15H18BrFN2O.ClH/c16-11-1-2-12(13(17)9-11)14(20)19-8-5-15(10-19)3-6-18-7-4-15;/h1-2,9,18H,3-8,10H2;1H. The molecule has 21 heavy (non-hydrogen) atoms. The van der Waals surface area contributed by atoms with E-state index in [9.17, 15) is 9.18 Å². The molecule has 0 radical (unpaired) electrons. The molecule has 116 valence electrons. The van der Waals surface area contributed by atoms with E-state index in [1.807, 2.05) is 4.90 Å². The Balaban J connectivity index is 0.00000161. The first-order chi connectivity index (χ1) is 9.60. The Morgan fingerprint density at radius 2 is 2.00 bits per heavy atom. The summed E-state index contributed by atoms with van der Waals surface area (Å²) >= 11 is 3.21. The second-order valence-electron chi connectivity index (χ2n) is 5.85. The van der Waals surface area contributed by atoms with Crippen LogP contribution in [0.5, 0.6) is 0 Å². The van der Waals surface area contributed by atoms with Gasteiger partial charge in [0.2, 0.25) is 0 Å². The molecular weight excluding hydrogens is 359 g/mol. The molecule has 0 aromatic heterocycles. The fraction of sp³-hybridized carbons (Fsp3) is 0.533. The van der Waals surface area contributed by atoms with Crippen molar-refractivity contribution >= 4 is 34.2 Å². The molecule has 1 N–H and O–H groups in total. The molecule has 2 aliphatic rings. The maximum atomic E-state index is 13.9. The van der Waals surface area contributed by atoms with Crippen molar-refractivity contribution in [3.05, 3.63) is 34.1 Å². The molecular formula is C15H19BrClFN2O. The lowest BCUT2D eigenvalue weighted by atomic mass is 9.78. The summed E-state index contributed by atoms with van der Waals surface area (Å²) in [5.41, 5.74) is 0.436. The Hall–Kier alpha value is -0.650. The van der Waals surface area contributed by atoms with E-state index >= 15 is 0 Å². The van der Waals surface area contributed by atoms with Gasteiger partial charge in [0.25, 0.3) is 5.91 Å². The topological polar surface area (TPSA) is 32.3 Å². The predicted molar refractivity (Wildman–Crippen MR) is 86.4 cm³/mol. The highest BCUT2D eigenvalue weighted by molar-refractivity contribution is 9.10. The molecule has 1 aromatic rings. The van der Waals surface area contributed by atoms with Gasteiger partial charge in [-0.25, -0.2) is 4.39 Å². The van der Waals surface area contributed by atoms with Crippen LogP contribution in [0.15, 0.2) is 22.7 Å². The van der Waals surface area contributed by atoms with Crippen LogP contribution in [0.4, 0.5) is 4.39 Å². The van der Waals surface area contributed by atoms with Crippen LogP contribution >= 0.6 is 28.3 Å². The zero-order valence-corrected chi connectivity index (χ0v) is 14.1. The van der Waals surface area contributed by atoms with Gasteiger partial charge in [0, 0.05) is 17.6 Å². The summed E-state index contributed by atoms with van der Waals surface area (Å²) in [5, 5.41) is 3.36. The van der Waals surface area contributed by atoms with Crippen molar-refractivity contribution in [3.8, 4) is 0 Å². The average Bonchev–Trinajstić information content (AvgIpc) is 2.83. The van der Waals surface area contributed by atoms with Crippen LogP contribution in [0.3, 0.4) is 0 Å². The van der Waals surface area contributed by atoms with Crippen molar-refractivity contribution < 1.29 is 9.18 Å². The summed E-state index contributed by atoms with van der Waals surface area (Å²) < 4.78 is 14.6. The lowest BCUT2D eigenvalue weighted by Gasteiger charge is -2.33. The summed E-state index contributed by atoms with van der Waals surface area (Å²) in [6.07, 6.45) is 3.26. The Kier molecular flexibility index (Phi) is 5.28. The molecule has 0 saturated carbocycles. The Bertz CT molecular complexity index is 534. The molecule has 1 amide bonds. The Morgan fingerprint density at radius 1 is 1.29 bits per heavy atom. The van der Waals surface area contributed by atoms with E-state index < -0.39 is 5.82 Å². The van der Waals surface area contributed by atoms with Crippen LogP contribution in [-0.2, 0) is 0 Å². The smallest absolute Gasteiger partial charge is 0.256 e. The highest BCUT2D eigenvalue weighted by atomic mass is 79.9. The number of rotatable bonds is 1. The molecule has 3 rings (SSSR count). The number of amides is 1. The van der Waals surface area contributed by atoms with Gasteiger partial charge in [0.1, 0.15) is 5.82 Å². The van der Waals surface area contributed by atoms with Crippen molar-refractivity contribution in [1.82, 2.24) is 10.2 Å². The van der Waals surface area contributed by atoms with Gasteiger partial charge in [0.15, 0.2) is 0 Å². The molecule has 6 heteroatoms. The van der Waals surface area contributed by atoms with Gasteiger partial charge in [-0.2, -0.15) is 0 Å². The minimum absolute atomic E-state index is 0. The van der Waals surface area contributed by atoms with Crippen LogP contribution in [0, 0.1) is 11.2 Å². The van der Waals surface area contributed by atoms with Crippen LogP contribution in [0.25, 0.3) is 0 Å². The van der Waals surface area contributed by atoms with Crippen LogP contribution in [0.1, 0.15) is 29.6 Å². The number of nitrogens with zero attached hydrogens (tertiary/aromatic N) is 1. The van der Waals surface area contributed by atoms with Crippen molar-refractivity contribution in [1.29, 1.82) is 0 Å². The number of hydrogen-bond acceptors (Lipinski definition) is 2. The number of carbonyl (C=O) groups is 1. The number of carbonyl (C=O) groups excluding carboxylic acids is 1. The second-order valence-corrected chi connectivity index (χ2v) is 6.77. The lowest BCUT2D eigenvalue weighted by Crippen LogP contribution is -2.39. The number of likely N-dealkylation sites (tertiary alicyclic amines) is 1. The minimum atomic E-state index is -0.448. The summed E-state index contributed by atoms with van der Waals surface area (Å²) in [6.45, 7) is 3.56. The molecule has 0 unspecified atom stereocenters. The van der Waals surface area contributed by atoms with Crippen molar-refractivity contribution in [2.24, 2.45) is 5.41 Å². The van der Waals surface area contributed by atoms with E-state index in [0.29, 0.717) is 4.47 Å². The Morgan fingerprint density at radius 3 is 2.67 bits per heavy atom. The highest BCUT2D eigenvalue weighted by Crippen LogP contribution is 2.39. The molecule has 3 nitrogen and oxygen atoms in total. The summed E-state index contributed by atoms with van der Waals surface area (Å²) in [5.74, 6) is -0.624. The van der Waals surface area contributed by atoms with Gasteiger partial charge in [-0.3, -0.25) is 4.79 Å². The normalized spacial score (nSPS) is 20.4. The molecule has 2 heterocycles. The number of hydrogen-bond donors (Lipinski definition) is 1. The van der Waals surface area contributed by atoms with Crippen molar-refractivity contribution in [2.45, 2.75) is 19.3 Å². The quantitative estimate of drug-likeness (QED) is 0.815. The van der Waals surface area contributed by atoms with E-state index in [1.165, 1.54) is 6.07 Å². The number of benzene rings is 1. The van der Waals surface area contributed by atoms with E-state index in [-0.39, 0.29) is 29.3 Å². The van der Waals surface area contributed by atoms with Crippen LogP contribution in [-0.4, -0.2) is 37.0 Å². The van der Waals surface area contributed by atoms with E-state index in [4.69, 9.17) is 0 Å². The summed E-state index contributed by atoms with van der Waals surface area (Å²) in [4.78, 5) is 14.3. The predicted octanol–water partition coefficient (Wildman–Crippen LogP) is 3.23. The van der Waals surface area contributed by atoms with Crippen LogP contribution < -0.4 is 5.32 Å². The molecule has 2 fully saturated rings. The molecule has 2 saturated heterocycles. The van der Waals surface area contributed by atoms with Crippen molar-refractivity contribution in [2.75, 3.05) is 26.2 Å². The van der Waals surface area contributed by atoms with Gasteiger partial charge in [-0.1, -0.05) is 15.9 Å². The second kappa shape index (κ2) is 6.63. The van der Waals surface area contributed by atoms with Gasteiger partial charge in [0.05, 0.1) is 5.56 Å². The molecule has 0 atom stereocenters. The summed E-state index contributed by atoms with van der Waals surface area (Å²) in [7, 11) is 0. The third-order valence-electron chi connectivity index (χ3n) is 4.55. The maximum absolute atomic E-state index is 13.9. The zero-order chi connectivity index (χ0) is 14.2. The fourth-order valence-electron chi connectivity index (χ4n) is 3.31. The first-order valence-electron chi connectivity index (χ1n) is 7.05. The number of piperidine rings is 1. The first-order valence-corrected chi connectivity index (χ1v) is 7.84. The third kappa shape index (κ3) is 3.41. The molecule has 2 aliphatic heterocycles. The molecule has 0 aliphatic carbocycles. The average molecular weight is 378 g/mol. The van der Waals surface area contributed by atoms with E-state index in [1.54, 1.807) is 12.1 Å². The molecule has 0 bridgehead atoms. The molecule has 1 spiro atoms. The SMILES string of the molecule is Cl.O=C(c1ccc(Br)cc1F)N1CCC2(CCNCC2)C1. The maximum Gasteiger partial charge on any atom is 0.256 e. The van der Waals surface area contributed by atoms with Gasteiger partial charge in [-0.15, -0.1) is 12.4 Å². The Labute approximate surface area is 138 Å². The number of nitrogens with one attached hydrogen (secondary N) is 1. The highest BCUT2D eigenvalue weighted by Gasteiger charge is 2.40. The number of halogens is 3. The first kappa shape index (κ1) is 16.7. The fourth-order valence-corrected chi connectivity index (χ4v) is 3.64. The van der Waals surface area contributed by atoms with Gasteiger partial charge >= 0.3 is 0 Å². The minimum Gasteiger partial charge on any atom is -0.338 e. The lowest BCUT2D eigenvalue weighted by molar-refractivity contribution is 0.0757. The van der Waals surface area contributed by atoms with Gasteiger partial charge in [-0.05, 0) is 56.0 Å². The zero-order valence-electron chi connectivity index (χ0n) is 11.7. The summed E-state index contributed by atoms with van der Waals surface area (Å²) in [6, 6.07) is 4.63. The monoisotopic (exact) mass is 376 g/mol.